The van der Waals surface area contributed by atoms with Crippen molar-refractivity contribution < 1.29 is 18.7 Å². The Kier molecular flexibility index (Phi) is 4.99. The number of hydrogen-bond acceptors (Lipinski definition) is 4. The molecule has 0 aromatic heterocycles. The van der Waals surface area contributed by atoms with Gasteiger partial charge in [0.2, 0.25) is 0 Å². The molecular weight excluding hydrogens is 347 g/mol. The van der Waals surface area contributed by atoms with Crippen molar-refractivity contribution in [2.24, 2.45) is 0 Å². The van der Waals surface area contributed by atoms with Crippen LogP contribution in [0.3, 0.4) is 0 Å². The highest BCUT2D eigenvalue weighted by molar-refractivity contribution is 5.71. The summed E-state index contributed by atoms with van der Waals surface area (Å²) >= 11 is 0. The first-order valence-electron chi connectivity index (χ1n) is 9.19. The molecule has 0 spiro atoms. The normalized spacial score (nSPS) is 22.0. The Labute approximate surface area is 158 Å². The Hall–Kier alpha value is -2.60. The highest BCUT2D eigenvalue weighted by Gasteiger charge is 2.47. The molecular formula is C21H23FN2O3. The van der Waals surface area contributed by atoms with Gasteiger partial charge in [0.1, 0.15) is 17.7 Å². The summed E-state index contributed by atoms with van der Waals surface area (Å²) in [5.41, 5.74) is 2.19. The molecule has 0 aliphatic carbocycles. The molecule has 0 radical (unpaired) electrons. The van der Waals surface area contributed by atoms with Crippen LogP contribution < -0.4 is 4.74 Å². The Morgan fingerprint density at radius 3 is 2.74 bits per heavy atom. The first kappa shape index (κ1) is 17.8. The van der Waals surface area contributed by atoms with Gasteiger partial charge >= 0.3 is 6.09 Å². The maximum atomic E-state index is 13.0. The van der Waals surface area contributed by atoms with Crippen LogP contribution in [-0.4, -0.2) is 54.8 Å². The predicted molar refractivity (Wildman–Crippen MR) is 99.1 cm³/mol. The fourth-order valence-corrected chi connectivity index (χ4v) is 3.90. The quantitative estimate of drug-likeness (QED) is 0.784. The highest BCUT2D eigenvalue weighted by atomic mass is 19.1. The molecule has 2 aromatic carbocycles. The average Bonchev–Trinajstić information content (AvgIpc) is 3.17. The van der Waals surface area contributed by atoms with Crippen molar-refractivity contribution in [2.45, 2.75) is 25.1 Å². The van der Waals surface area contributed by atoms with Gasteiger partial charge in [0.25, 0.3) is 0 Å². The maximum Gasteiger partial charge on any atom is 0.410 e. The number of ether oxygens (including phenoxy) is 2. The van der Waals surface area contributed by atoms with E-state index < -0.39 is 0 Å². The molecule has 2 atom stereocenters. The number of nitrogens with zero attached hydrogens (tertiary/aromatic N) is 2. The van der Waals surface area contributed by atoms with Gasteiger partial charge in [-0.25, -0.2) is 9.18 Å². The van der Waals surface area contributed by atoms with Gasteiger partial charge in [0, 0.05) is 26.2 Å². The second kappa shape index (κ2) is 7.56. The van der Waals surface area contributed by atoms with E-state index in [1.54, 1.807) is 19.2 Å². The summed E-state index contributed by atoms with van der Waals surface area (Å²) in [5.74, 6) is 0.600. The molecule has 2 saturated heterocycles. The molecule has 2 fully saturated rings. The fraction of sp³-hybridized carbons (Fsp3) is 0.381. The molecule has 0 bridgehead atoms. The zero-order valence-corrected chi connectivity index (χ0v) is 15.3. The lowest BCUT2D eigenvalue weighted by Gasteiger charge is -2.22. The van der Waals surface area contributed by atoms with E-state index in [1.165, 1.54) is 17.7 Å². The van der Waals surface area contributed by atoms with Crippen molar-refractivity contribution in [1.82, 2.24) is 9.80 Å². The minimum atomic E-state index is -0.247. The third kappa shape index (κ3) is 3.90. The zero-order chi connectivity index (χ0) is 18.8. The van der Waals surface area contributed by atoms with Crippen molar-refractivity contribution in [3.8, 4) is 5.75 Å². The summed E-state index contributed by atoms with van der Waals surface area (Å²) in [4.78, 5) is 16.3. The number of rotatable bonds is 6. The van der Waals surface area contributed by atoms with Crippen LogP contribution in [0.1, 0.15) is 11.1 Å². The van der Waals surface area contributed by atoms with E-state index in [-0.39, 0.29) is 24.1 Å². The molecule has 0 saturated carbocycles. The van der Waals surface area contributed by atoms with Crippen LogP contribution in [0.25, 0.3) is 0 Å². The molecule has 4 rings (SSSR count). The molecule has 2 aromatic rings. The molecule has 2 aliphatic rings. The minimum absolute atomic E-state index is 0.0727. The minimum Gasteiger partial charge on any atom is -0.497 e. The van der Waals surface area contributed by atoms with Crippen LogP contribution in [-0.2, 0) is 17.7 Å². The SMILES string of the molecule is COc1cccc(CN2C[C@@H]3OC(=O)N(CCc4ccc(F)cc4)[C@@H]3C2)c1. The van der Waals surface area contributed by atoms with E-state index in [4.69, 9.17) is 9.47 Å². The zero-order valence-electron chi connectivity index (χ0n) is 15.3. The maximum absolute atomic E-state index is 13.0. The van der Waals surface area contributed by atoms with Crippen LogP contribution in [0.5, 0.6) is 5.75 Å². The van der Waals surface area contributed by atoms with Crippen molar-refractivity contribution >= 4 is 6.09 Å². The second-order valence-electron chi connectivity index (χ2n) is 7.11. The first-order chi connectivity index (χ1) is 13.1. The largest absolute Gasteiger partial charge is 0.497 e. The number of carbonyl (C=O) groups is 1. The van der Waals surface area contributed by atoms with Crippen LogP contribution in [0.4, 0.5) is 9.18 Å². The lowest BCUT2D eigenvalue weighted by molar-refractivity contribution is 0.120. The van der Waals surface area contributed by atoms with Gasteiger partial charge in [-0.05, 0) is 41.8 Å². The number of hydrogen-bond donors (Lipinski definition) is 0. The summed E-state index contributed by atoms with van der Waals surface area (Å²) in [7, 11) is 1.66. The van der Waals surface area contributed by atoms with Crippen LogP contribution in [0, 0.1) is 5.82 Å². The Morgan fingerprint density at radius 2 is 1.96 bits per heavy atom. The van der Waals surface area contributed by atoms with Crippen molar-refractivity contribution in [3.63, 3.8) is 0 Å². The number of likely N-dealkylation sites (tertiary alicyclic amines) is 1. The summed E-state index contributed by atoms with van der Waals surface area (Å²) in [6.45, 7) is 2.91. The fourth-order valence-electron chi connectivity index (χ4n) is 3.90. The van der Waals surface area contributed by atoms with E-state index in [9.17, 15) is 9.18 Å². The lowest BCUT2D eigenvalue weighted by atomic mass is 10.1. The third-order valence-corrected chi connectivity index (χ3v) is 5.29. The molecule has 2 aliphatic heterocycles. The molecule has 2 heterocycles. The number of fused-ring (bicyclic) bond motifs is 1. The number of amides is 1. The van der Waals surface area contributed by atoms with Gasteiger partial charge in [0.05, 0.1) is 13.2 Å². The second-order valence-corrected chi connectivity index (χ2v) is 7.11. The van der Waals surface area contributed by atoms with Gasteiger partial charge < -0.3 is 9.47 Å². The number of carbonyl (C=O) groups excluding carboxylic acids is 1. The van der Waals surface area contributed by atoms with Crippen molar-refractivity contribution in [2.75, 3.05) is 26.7 Å². The van der Waals surface area contributed by atoms with Gasteiger partial charge in [-0.15, -0.1) is 0 Å². The van der Waals surface area contributed by atoms with Gasteiger partial charge in [0.15, 0.2) is 0 Å². The first-order valence-corrected chi connectivity index (χ1v) is 9.19. The van der Waals surface area contributed by atoms with Crippen LogP contribution in [0.2, 0.25) is 0 Å². The smallest absolute Gasteiger partial charge is 0.410 e. The molecule has 142 valence electrons. The summed E-state index contributed by atoms with van der Waals surface area (Å²) in [5, 5.41) is 0. The predicted octanol–water partition coefficient (Wildman–Crippen LogP) is 3.08. The standard InChI is InChI=1S/C21H23FN2O3/c1-26-18-4-2-3-16(11-18)12-23-13-19-20(14-23)27-21(25)24(19)10-9-15-5-7-17(22)8-6-15/h2-8,11,19-20H,9-10,12-14H2,1H3/t19-,20+/m1/s1. The van der Waals surface area contributed by atoms with E-state index in [1.807, 2.05) is 23.1 Å². The van der Waals surface area contributed by atoms with Gasteiger partial charge in [-0.2, -0.15) is 0 Å². The summed E-state index contributed by atoms with van der Waals surface area (Å²) < 4.78 is 23.9. The van der Waals surface area contributed by atoms with Crippen LogP contribution >= 0.6 is 0 Å². The average molecular weight is 370 g/mol. The molecule has 0 N–H and O–H groups in total. The molecule has 0 unspecified atom stereocenters. The number of benzene rings is 2. The Bertz CT molecular complexity index is 811. The molecule has 1 amide bonds. The topological polar surface area (TPSA) is 42.0 Å². The van der Waals surface area contributed by atoms with E-state index in [0.29, 0.717) is 13.0 Å². The third-order valence-electron chi connectivity index (χ3n) is 5.29. The van der Waals surface area contributed by atoms with Crippen molar-refractivity contribution in [1.29, 1.82) is 0 Å². The van der Waals surface area contributed by atoms with Crippen molar-refractivity contribution in [3.05, 3.63) is 65.5 Å². The van der Waals surface area contributed by atoms with Crippen LogP contribution in [0.15, 0.2) is 48.5 Å². The Balaban J connectivity index is 1.37. The van der Waals surface area contributed by atoms with E-state index in [2.05, 4.69) is 11.0 Å². The van der Waals surface area contributed by atoms with E-state index in [0.717, 1.165) is 30.9 Å². The van der Waals surface area contributed by atoms with Gasteiger partial charge in [-0.1, -0.05) is 24.3 Å². The highest BCUT2D eigenvalue weighted by Crippen LogP contribution is 2.28. The molecule has 5 nitrogen and oxygen atoms in total. The number of halogens is 1. The summed E-state index contributed by atoms with van der Waals surface area (Å²) in [6, 6.07) is 14.5. The molecule has 27 heavy (non-hydrogen) atoms. The monoisotopic (exact) mass is 370 g/mol. The van der Waals surface area contributed by atoms with E-state index >= 15 is 0 Å². The summed E-state index contributed by atoms with van der Waals surface area (Å²) in [6.07, 6.45) is 0.360. The lowest BCUT2D eigenvalue weighted by Crippen LogP contribution is -2.39. The number of methoxy groups -OCH3 is 1. The Morgan fingerprint density at radius 1 is 1.15 bits per heavy atom. The molecule has 6 heteroatoms. The van der Waals surface area contributed by atoms with Gasteiger partial charge in [-0.3, -0.25) is 9.80 Å².